The molecule has 0 aromatic heterocycles. The Labute approximate surface area is 106 Å². The summed E-state index contributed by atoms with van der Waals surface area (Å²) in [6.07, 6.45) is 1.14. The standard InChI is InChI=1S/C13H18O3S/c1-16-13(15)7-6-11-2-4-12(5-3-11)10-17-9-8-14/h2-5,14H,6-10H2,1H3. The Kier molecular flexibility index (Phi) is 6.74. The molecular weight excluding hydrogens is 236 g/mol. The lowest BCUT2D eigenvalue weighted by molar-refractivity contribution is -0.140. The van der Waals surface area contributed by atoms with Crippen LogP contribution in [0.1, 0.15) is 17.5 Å². The van der Waals surface area contributed by atoms with Crippen LogP contribution in [-0.4, -0.2) is 30.5 Å². The van der Waals surface area contributed by atoms with Crippen LogP contribution in [0.25, 0.3) is 0 Å². The van der Waals surface area contributed by atoms with Crippen molar-refractivity contribution in [2.75, 3.05) is 19.5 Å². The van der Waals surface area contributed by atoms with E-state index in [1.807, 2.05) is 12.1 Å². The number of rotatable bonds is 7. The Morgan fingerprint density at radius 3 is 2.53 bits per heavy atom. The number of esters is 1. The third-order valence-electron chi connectivity index (χ3n) is 2.37. The summed E-state index contributed by atoms with van der Waals surface area (Å²) in [6.45, 7) is 0.224. The number of aliphatic hydroxyl groups is 1. The number of carbonyl (C=O) groups is 1. The van der Waals surface area contributed by atoms with Crippen molar-refractivity contribution in [3.8, 4) is 0 Å². The fourth-order valence-electron chi connectivity index (χ4n) is 1.41. The molecule has 3 nitrogen and oxygen atoms in total. The second-order valence-corrected chi connectivity index (χ2v) is 4.77. The Bertz CT molecular complexity index is 335. The lowest BCUT2D eigenvalue weighted by Gasteiger charge is -2.03. The molecule has 0 amide bonds. The van der Waals surface area contributed by atoms with Gasteiger partial charge in [-0.1, -0.05) is 24.3 Å². The normalized spacial score (nSPS) is 10.2. The fraction of sp³-hybridized carbons (Fsp3) is 0.462. The molecule has 0 unspecified atom stereocenters. The molecule has 0 saturated heterocycles. The van der Waals surface area contributed by atoms with Crippen LogP contribution in [0, 0.1) is 0 Å². The molecule has 0 bridgehead atoms. The summed E-state index contributed by atoms with van der Waals surface area (Å²) in [5, 5.41) is 8.67. The summed E-state index contributed by atoms with van der Waals surface area (Å²) in [4.78, 5) is 11.0. The molecule has 0 atom stereocenters. The summed E-state index contributed by atoms with van der Waals surface area (Å²) in [7, 11) is 1.41. The Morgan fingerprint density at radius 1 is 1.29 bits per heavy atom. The number of methoxy groups -OCH3 is 1. The SMILES string of the molecule is COC(=O)CCc1ccc(CSCCO)cc1. The summed E-state index contributed by atoms with van der Waals surface area (Å²) < 4.78 is 4.60. The van der Waals surface area contributed by atoms with Gasteiger partial charge in [-0.05, 0) is 17.5 Å². The first-order chi connectivity index (χ1) is 8.26. The minimum absolute atomic E-state index is 0.174. The quantitative estimate of drug-likeness (QED) is 0.597. The number of aliphatic hydroxyl groups excluding tert-OH is 1. The molecule has 0 aliphatic heterocycles. The molecule has 0 aliphatic carbocycles. The van der Waals surface area contributed by atoms with Gasteiger partial charge in [-0.2, -0.15) is 11.8 Å². The molecule has 1 N–H and O–H groups in total. The van der Waals surface area contributed by atoms with Crippen molar-refractivity contribution < 1.29 is 14.6 Å². The predicted molar refractivity (Wildman–Crippen MR) is 70.0 cm³/mol. The van der Waals surface area contributed by atoms with E-state index in [0.717, 1.165) is 23.5 Å². The van der Waals surface area contributed by atoms with Crippen molar-refractivity contribution in [3.63, 3.8) is 0 Å². The molecule has 0 fully saturated rings. The smallest absolute Gasteiger partial charge is 0.305 e. The topological polar surface area (TPSA) is 46.5 Å². The fourth-order valence-corrected chi connectivity index (χ4v) is 2.11. The molecule has 0 radical (unpaired) electrons. The van der Waals surface area contributed by atoms with Gasteiger partial charge in [0.05, 0.1) is 13.7 Å². The van der Waals surface area contributed by atoms with Crippen LogP contribution in [0.5, 0.6) is 0 Å². The van der Waals surface area contributed by atoms with Crippen molar-refractivity contribution in [2.45, 2.75) is 18.6 Å². The van der Waals surface area contributed by atoms with E-state index in [0.29, 0.717) is 6.42 Å². The molecule has 1 aromatic rings. The first-order valence-corrected chi connectivity index (χ1v) is 6.75. The van der Waals surface area contributed by atoms with Crippen LogP contribution in [0.2, 0.25) is 0 Å². The van der Waals surface area contributed by atoms with Crippen LogP contribution in [0.4, 0.5) is 0 Å². The van der Waals surface area contributed by atoms with Gasteiger partial charge in [-0.15, -0.1) is 0 Å². The van der Waals surface area contributed by atoms with E-state index >= 15 is 0 Å². The highest BCUT2D eigenvalue weighted by atomic mass is 32.2. The second-order valence-electron chi connectivity index (χ2n) is 3.67. The Balaban J connectivity index is 2.36. The van der Waals surface area contributed by atoms with Crippen LogP contribution in [-0.2, 0) is 21.7 Å². The van der Waals surface area contributed by atoms with Gasteiger partial charge in [0.1, 0.15) is 0 Å². The van der Waals surface area contributed by atoms with Crippen LogP contribution < -0.4 is 0 Å². The highest BCUT2D eigenvalue weighted by molar-refractivity contribution is 7.98. The average Bonchev–Trinajstić information content (AvgIpc) is 2.37. The number of hydrogen-bond acceptors (Lipinski definition) is 4. The van der Waals surface area contributed by atoms with E-state index in [9.17, 15) is 4.79 Å². The van der Waals surface area contributed by atoms with Crippen molar-refractivity contribution in [3.05, 3.63) is 35.4 Å². The van der Waals surface area contributed by atoms with E-state index in [1.165, 1.54) is 12.7 Å². The first-order valence-electron chi connectivity index (χ1n) is 5.59. The number of carbonyl (C=O) groups excluding carboxylic acids is 1. The molecule has 4 heteroatoms. The number of benzene rings is 1. The maximum absolute atomic E-state index is 11.0. The minimum Gasteiger partial charge on any atom is -0.469 e. The molecular formula is C13H18O3S. The van der Waals surface area contributed by atoms with Gasteiger partial charge in [0, 0.05) is 17.9 Å². The number of aryl methyl sites for hydroxylation is 1. The zero-order valence-electron chi connectivity index (χ0n) is 10.0. The molecule has 17 heavy (non-hydrogen) atoms. The van der Waals surface area contributed by atoms with Gasteiger partial charge in [0.25, 0.3) is 0 Å². The van der Waals surface area contributed by atoms with Gasteiger partial charge < -0.3 is 9.84 Å². The highest BCUT2D eigenvalue weighted by Crippen LogP contribution is 2.13. The van der Waals surface area contributed by atoms with Crippen LogP contribution >= 0.6 is 11.8 Å². The zero-order valence-corrected chi connectivity index (χ0v) is 10.8. The molecule has 0 aliphatic rings. The van der Waals surface area contributed by atoms with E-state index in [4.69, 9.17) is 5.11 Å². The lowest BCUT2D eigenvalue weighted by Crippen LogP contribution is -2.01. The minimum atomic E-state index is -0.174. The second kappa shape index (κ2) is 8.14. The van der Waals surface area contributed by atoms with E-state index in [-0.39, 0.29) is 12.6 Å². The largest absolute Gasteiger partial charge is 0.469 e. The van der Waals surface area contributed by atoms with E-state index in [1.54, 1.807) is 11.8 Å². The summed E-state index contributed by atoms with van der Waals surface area (Å²) in [6, 6.07) is 8.21. The number of ether oxygens (including phenoxy) is 1. The first kappa shape index (κ1) is 14.1. The number of hydrogen-bond donors (Lipinski definition) is 1. The predicted octanol–water partition coefficient (Wildman–Crippen LogP) is 2.02. The van der Waals surface area contributed by atoms with Crippen LogP contribution in [0.15, 0.2) is 24.3 Å². The molecule has 0 heterocycles. The molecule has 1 aromatic carbocycles. The van der Waals surface area contributed by atoms with E-state index < -0.39 is 0 Å². The molecule has 0 spiro atoms. The van der Waals surface area contributed by atoms with Gasteiger partial charge in [-0.25, -0.2) is 0 Å². The number of thioether (sulfide) groups is 1. The van der Waals surface area contributed by atoms with Crippen LogP contribution in [0.3, 0.4) is 0 Å². The van der Waals surface area contributed by atoms with Crippen molar-refractivity contribution in [1.82, 2.24) is 0 Å². The maximum atomic E-state index is 11.0. The monoisotopic (exact) mass is 254 g/mol. The molecule has 94 valence electrons. The summed E-state index contributed by atoms with van der Waals surface area (Å²) in [5.41, 5.74) is 2.39. The Morgan fingerprint density at radius 2 is 1.94 bits per heavy atom. The third kappa shape index (κ3) is 5.75. The lowest BCUT2D eigenvalue weighted by atomic mass is 10.1. The van der Waals surface area contributed by atoms with Gasteiger partial charge in [0.15, 0.2) is 0 Å². The maximum Gasteiger partial charge on any atom is 0.305 e. The van der Waals surface area contributed by atoms with Crippen molar-refractivity contribution in [2.24, 2.45) is 0 Å². The van der Waals surface area contributed by atoms with E-state index in [2.05, 4.69) is 16.9 Å². The molecule has 0 saturated carbocycles. The van der Waals surface area contributed by atoms with Gasteiger partial charge in [0.2, 0.25) is 0 Å². The third-order valence-corrected chi connectivity index (χ3v) is 3.38. The summed E-state index contributed by atoms with van der Waals surface area (Å²) in [5.74, 6) is 1.51. The highest BCUT2D eigenvalue weighted by Gasteiger charge is 2.01. The zero-order chi connectivity index (χ0) is 12.5. The van der Waals surface area contributed by atoms with Gasteiger partial charge >= 0.3 is 5.97 Å². The van der Waals surface area contributed by atoms with Gasteiger partial charge in [-0.3, -0.25) is 4.79 Å². The van der Waals surface area contributed by atoms with Crippen molar-refractivity contribution >= 4 is 17.7 Å². The molecule has 1 rings (SSSR count). The summed E-state index contributed by atoms with van der Waals surface area (Å²) >= 11 is 1.71. The average molecular weight is 254 g/mol. The van der Waals surface area contributed by atoms with Crippen molar-refractivity contribution in [1.29, 1.82) is 0 Å². The Hall–Kier alpha value is -1.00.